The molecule has 1 aliphatic rings. The number of aromatic nitrogens is 2. The van der Waals surface area contributed by atoms with E-state index in [2.05, 4.69) is 41.1 Å². The van der Waals surface area contributed by atoms with Crippen molar-refractivity contribution in [2.24, 2.45) is 5.41 Å². The Bertz CT molecular complexity index is 1130. The van der Waals surface area contributed by atoms with Gasteiger partial charge in [-0.25, -0.2) is 9.78 Å². The van der Waals surface area contributed by atoms with Crippen molar-refractivity contribution in [2.75, 3.05) is 51.0 Å². The van der Waals surface area contributed by atoms with Gasteiger partial charge in [0.15, 0.2) is 5.82 Å². The number of hydrogen-bond acceptors (Lipinski definition) is 9. The molecule has 0 aliphatic carbocycles. The van der Waals surface area contributed by atoms with Crippen molar-refractivity contribution in [3.8, 4) is 11.8 Å². The average molecular weight is 553 g/mol. The molecule has 0 spiro atoms. The molecule has 1 amide bonds. The Hall–Kier alpha value is -3.96. The second-order valence-corrected chi connectivity index (χ2v) is 9.57. The largest absolute Gasteiger partial charge is 0.492 e. The minimum Gasteiger partial charge on any atom is -0.492 e. The van der Waals surface area contributed by atoms with Crippen molar-refractivity contribution in [3.63, 3.8) is 0 Å². The summed E-state index contributed by atoms with van der Waals surface area (Å²) in [5.41, 5.74) is 3.28. The highest BCUT2D eigenvalue weighted by molar-refractivity contribution is 5.95. The standard InChI is InChI=1S/C23H30N6O3.C2HF3O2/c1-23(2,3)17-29(21-8-9-25-20(16-24)26-21)27-22(30)18-4-6-19(7-5-18)32-15-12-28-10-13-31-14-11-28;3-2(4,5)1(6)7/h4-9H,10-15,17H2,1-3H3,(H,27,30);(H,6,7). The lowest BCUT2D eigenvalue weighted by Crippen LogP contribution is -2.47. The lowest BCUT2D eigenvalue weighted by atomic mass is 9.97. The Morgan fingerprint density at radius 3 is 2.33 bits per heavy atom. The molecule has 2 heterocycles. The number of amides is 1. The number of carbonyl (C=O) groups is 2. The van der Waals surface area contributed by atoms with E-state index in [1.165, 1.54) is 6.20 Å². The molecule has 212 valence electrons. The van der Waals surface area contributed by atoms with E-state index >= 15 is 0 Å². The van der Waals surface area contributed by atoms with Crippen LogP contribution in [0.4, 0.5) is 19.0 Å². The smallest absolute Gasteiger partial charge is 0.490 e. The van der Waals surface area contributed by atoms with Crippen molar-refractivity contribution < 1.29 is 37.3 Å². The number of hydrazine groups is 1. The summed E-state index contributed by atoms with van der Waals surface area (Å²) in [6, 6.07) is 10.6. The number of alkyl halides is 3. The number of nitrogens with zero attached hydrogens (tertiary/aromatic N) is 5. The van der Waals surface area contributed by atoms with Crippen molar-refractivity contribution in [1.82, 2.24) is 20.3 Å². The number of carboxylic acids is 1. The summed E-state index contributed by atoms with van der Waals surface area (Å²) in [6.07, 6.45) is -3.58. The highest BCUT2D eigenvalue weighted by atomic mass is 19.4. The third-order valence-electron chi connectivity index (χ3n) is 5.03. The van der Waals surface area contributed by atoms with Gasteiger partial charge in [-0.2, -0.15) is 23.4 Å². The highest BCUT2D eigenvalue weighted by Gasteiger charge is 2.38. The first-order valence-corrected chi connectivity index (χ1v) is 11.9. The number of rotatable bonds is 8. The second kappa shape index (κ2) is 14.3. The summed E-state index contributed by atoms with van der Waals surface area (Å²) in [4.78, 5) is 32.2. The van der Waals surface area contributed by atoms with Gasteiger partial charge in [-0.1, -0.05) is 20.8 Å². The molecule has 0 radical (unpaired) electrons. The highest BCUT2D eigenvalue weighted by Crippen LogP contribution is 2.19. The third-order valence-corrected chi connectivity index (χ3v) is 5.03. The number of nitrogens with one attached hydrogen (secondary N) is 1. The Morgan fingerprint density at radius 1 is 1.18 bits per heavy atom. The monoisotopic (exact) mass is 552 g/mol. The lowest BCUT2D eigenvalue weighted by Gasteiger charge is -2.30. The van der Waals surface area contributed by atoms with Crippen molar-refractivity contribution >= 4 is 17.7 Å². The first-order valence-electron chi connectivity index (χ1n) is 11.9. The van der Waals surface area contributed by atoms with Crippen LogP contribution >= 0.6 is 0 Å². The maximum absolute atomic E-state index is 12.9. The number of ether oxygens (including phenoxy) is 2. The lowest BCUT2D eigenvalue weighted by molar-refractivity contribution is -0.192. The number of aliphatic carboxylic acids is 1. The molecule has 14 heteroatoms. The number of morpholine rings is 1. The molecule has 39 heavy (non-hydrogen) atoms. The van der Waals surface area contributed by atoms with Gasteiger partial charge in [0.25, 0.3) is 5.91 Å². The molecular formula is C25H31F3N6O5. The van der Waals surface area contributed by atoms with Crippen LogP contribution in [0.15, 0.2) is 36.5 Å². The minimum atomic E-state index is -5.08. The van der Waals surface area contributed by atoms with Crippen LogP contribution in [0.25, 0.3) is 0 Å². The van der Waals surface area contributed by atoms with Crippen LogP contribution in [0, 0.1) is 16.7 Å². The molecule has 2 N–H and O–H groups in total. The molecule has 11 nitrogen and oxygen atoms in total. The topological polar surface area (TPSA) is 141 Å². The van der Waals surface area contributed by atoms with Crippen LogP contribution in [0.5, 0.6) is 5.75 Å². The zero-order valence-electron chi connectivity index (χ0n) is 21.9. The molecule has 0 bridgehead atoms. The van der Waals surface area contributed by atoms with Gasteiger partial charge in [-0.3, -0.25) is 20.1 Å². The van der Waals surface area contributed by atoms with Crippen molar-refractivity contribution in [2.45, 2.75) is 26.9 Å². The van der Waals surface area contributed by atoms with E-state index in [-0.39, 0.29) is 17.1 Å². The van der Waals surface area contributed by atoms with E-state index < -0.39 is 12.1 Å². The number of benzene rings is 1. The Labute approximate surface area is 224 Å². The van der Waals surface area contributed by atoms with E-state index in [1.54, 1.807) is 35.3 Å². The van der Waals surface area contributed by atoms with Gasteiger partial charge in [-0.15, -0.1) is 0 Å². The molecule has 1 aromatic heterocycles. The summed E-state index contributed by atoms with van der Waals surface area (Å²) < 4.78 is 42.9. The number of carboxylic acid groups (broad SMARTS) is 1. The predicted molar refractivity (Wildman–Crippen MR) is 134 cm³/mol. The number of carbonyl (C=O) groups excluding carboxylic acids is 1. The first kappa shape index (κ1) is 31.3. The Balaban J connectivity index is 0.000000673. The van der Waals surface area contributed by atoms with Crippen molar-refractivity contribution in [3.05, 3.63) is 47.9 Å². The first-order chi connectivity index (χ1) is 18.3. The summed E-state index contributed by atoms with van der Waals surface area (Å²) >= 11 is 0. The summed E-state index contributed by atoms with van der Waals surface area (Å²) in [5.74, 6) is -1.80. The molecule has 1 aliphatic heterocycles. The van der Waals surface area contributed by atoms with Crippen LogP contribution < -0.4 is 15.2 Å². The molecular weight excluding hydrogens is 521 g/mol. The van der Waals surface area contributed by atoms with Gasteiger partial charge < -0.3 is 14.6 Å². The predicted octanol–water partition coefficient (Wildman–Crippen LogP) is 2.89. The normalized spacial score (nSPS) is 13.9. The molecule has 1 saturated heterocycles. The molecule has 1 fully saturated rings. The molecule has 1 aromatic carbocycles. The quantitative estimate of drug-likeness (QED) is 0.470. The number of halogens is 3. The van der Waals surface area contributed by atoms with Gasteiger partial charge >= 0.3 is 12.1 Å². The fraction of sp³-hybridized carbons (Fsp3) is 0.480. The summed E-state index contributed by atoms with van der Waals surface area (Å²) in [7, 11) is 0. The fourth-order valence-corrected chi connectivity index (χ4v) is 3.21. The molecule has 2 aromatic rings. The summed E-state index contributed by atoms with van der Waals surface area (Å²) in [6.45, 7) is 11.5. The number of nitriles is 1. The Morgan fingerprint density at radius 2 is 1.79 bits per heavy atom. The van der Waals surface area contributed by atoms with E-state index in [0.29, 0.717) is 24.5 Å². The maximum atomic E-state index is 12.9. The molecule has 0 unspecified atom stereocenters. The minimum absolute atomic E-state index is 0.0502. The van der Waals surface area contributed by atoms with Gasteiger partial charge in [0.05, 0.1) is 13.2 Å². The second-order valence-electron chi connectivity index (χ2n) is 9.57. The SMILES string of the molecule is CC(C)(C)CN(NC(=O)c1ccc(OCCN2CCOCC2)cc1)c1ccnc(C#N)n1.O=C(O)C(F)(F)F. The molecule has 0 atom stereocenters. The molecule has 0 saturated carbocycles. The maximum Gasteiger partial charge on any atom is 0.490 e. The van der Waals surface area contributed by atoms with Crippen LogP contribution in [0.3, 0.4) is 0 Å². The van der Waals surface area contributed by atoms with Crippen LogP contribution in [-0.2, 0) is 9.53 Å². The van der Waals surface area contributed by atoms with E-state index in [4.69, 9.17) is 24.6 Å². The van der Waals surface area contributed by atoms with Gasteiger partial charge in [-0.05, 0) is 29.7 Å². The Kier molecular flexibility index (Phi) is 11.4. The average Bonchev–Trinajstić information content (AvgIpc) is 2.88. The third kappa shape index (κ3) is 11.5. The summed E-state index contributed by atoms with van der Waals surface area (Å²) in [5, 5.41) is 17.9. The van der Waals surface area contributed by atoms with Gasteiger partial charge in [0.2, 0.25) is 5.82 Å². The van der Waals surface area contributed by atoms with Crippen LogP contribution in [-0.4, -0.2) is 84.0 Å². The van der Waals surface area contributed by atoms with E-state index in [0.717, 1.165) is 38.6 Å². The molecule has 3 rings (SSSR count). The number of hydrogen-bond donors (Lipinski definition) is 2. The van der Waals surface area contributed by atoms with Crippen LogP contribution in [0.2, 0.25) is 0 Å². The van der Waals surface area contributed by atoms with E-state index in [9.17, 15) is 18.0 Å². The fourth-order valence-electron chi connectivity index (χ4n) is 3.21. The zero-order chi connectivity index (χ0) is 29.1. The van der Waals surface area contributed by atoms with E-state index in [1.807, 2.05) is 6.07 Å². The van der Waals surface area contributed by atoms with Gasteiger partial charge in [0.1, 0.15) is 18.4 Å². The van der Waals surface area contributed by atoms with Crippen molar-refractivity contribution in [1.29, 1.82) is 5.26 Å². The number of anilines is 1. The zero-order valence-corrected chi connectivity index (χ0v) is 21.9. The van der Waals surface area contributed by atoms with Gasteiger partial charge in [0, 0.05) is 44.0 Å². The van der Waals surface area contributed by atoms with Crippen LogP contribution in [0.1, 0.15) is 37.0 Å².